The smallest absolute Gasteiger partial charge is 0.257 e. The molecule has 2 aromatic rings. The number of aromatic hydroxyl groups is 1. The van der Waals surface area contributed by atoms with E-state index < -0.39 is 6.29 Å². The van der Waals surface area contributed by atoms with Crippen LogP contribution in [0.1, 0.15) is 23.7 Å². The van der Waals surface area contributed by atoms with Crippen molar-refractivity contribution in [1.29, 1.82) is 0 Å². The second-order valence-corrected chi connectivity index (χ2v) is 4.74. The van der Waals surface area contributed by atoms with E-state index >= 15 is 0 Å². The van der Waals surface area contributed by atoms with Gasteiger partial charge in [0.1, 0.15) is 11.5 Å². The molecule has 0 spiro atoms. The first-order valence-corrected chi connectivity index (χ1v) is 6.86. The lowest BCUT2D eigenvalue weighted by Crippen LogP contribution is -2.18. The Balaban J connectivity index is 2.16. The predicted molar refractivity (Wildman–Crippen MR) is 81.0 cm³/mol. The number of ether oxygens (including phenoxy) is 2. The SMILES string of the molecule is CCC(OC)Oc1cc(O)cc(C(=O)Nc2ccn(C)n2)c1. The molecule has 1 aromatic heterocycles. The monoisotopic (exact) mass is 305 g/mol. The molecule has 0 fully saturated rings. The summed E-state index contributed by atoms with van der Waals surface area (Å²) in [5.74, 6) is 0.348. The van der Waals surface area contributed by atoms with Gasteiger partial charge in [0.25, 0.3) is 5.91 Å². The first-order chi connectivity index (χ1) is 10.5. The van der Waals surface area contributed by atoms with E-state index in [1.165, 1.54) is 19.2 Å². The average Bonchev–Trinajstić information content (AvgIpc) is 2.89. The molecule has 0 aliphatic rings. The van der Waals surface area contributed by atoms with Crippen LogP contribution in [-0.2, 0) is 11.8 Å². The number of methoxy groups -OCH3 is 1. The molecule has 7 nitrogen and oxygen atoms in total. The minimum absolute atomic E-state index is 0.0605. The number of phenols is 1. The maximum absolute atomic E-state index is 12.2. The third-order valence-electron chi connectivity index (χ3n) is 2.97. The summed E-state index contributed by atoms with van der Waals surface area (Å²) in [7, 11) is 3.29. The van der Waals surface area contributed by atoms with Gasteiger partial charge in [0, 0.05) is 44.5 Å². The zero-order valence-electron chi connectivity index (χ0n) is 12.7. The lowest BCUT2D eigenvalue weighted by Gasteiger charge is -2.16. The van der Waals surface area contributed by atoms with Crippen molar-refractivity contribution in [3.8, 4) is 11.5 Å². The van der Waals surface area contributed by atoms with Gasteiger partial charge in [-0.15, -0.1) is 0 Å². The number of carbonyl (C=O) groups excluding carboxylic acids is 1. The first kappa shape index (κ1) is 15.8. The zero-order valence-corrected chi connectivity index (χ0v) is 12.7. The lowest BCUT2D eigenvalue weighted by atomic mass is 10.2. The minimum Gasteiger partial charge on any atom is -0.508 e. The molecule has 0 radical (unpaired) electrons. The van der Waals surface area contributed by atoms with Crippen LogP contribution >= 0.6 is 0 Å². The molecule has 1 heterocycles. The van der Waals surface area contributed by atoms with Crippen molar-refractivity contribution < 1.29 is 19.4 Å². The number of phenolic OH excluding ortho intramolecular Hbond substituents is 1. The molecule has 2 N–H and O–H groups in total. The topological polar surface area (TPSA) is 85.6 Å². The Kier molecular flexibility index (Phi) is 5.00. The van der Waals surface area contributed by atoms with E-state index in [1.54, 1.807) is 30.1 Å². The molecule has 118 valence electrons. The number of benzene rings is 1. The Bertz CT molecular complexity index is 650. The molecule has 0 bridgehead atoms. The quantitative estimate of drug-likeness (QED) is 0.799. The Hall–Kier alpha value is -2.54. The summed E-state index contributed by atoms with van der Waals surface area (Å²) >= 11 is 0. The second kappa shape index (κ2) is 6.95. The van der Waals surface area contributed by atoms with E-state index in [0.29, 0.717) is 18.0 Å². The van der Waals surface area contributed by atoms with Crippen molar-refractivity contribution in [2.75, 3.05) is 12.4 Å². The highest BCUT2D eigenvalue weighted by Crippen LogP contribution is 2.24. The lowest BCUT2D eigenvalue weighted by molar-refractivity contribution is -0.0549. The third kappa shape index (κ3) is 3.98. The number of nitrogens with zero attached hydrogens (tertiary/aromatic N) is 2. The van der Waals surface area contributed by atoms with Gasteiger partial charge >= 0.3 is 0 Å². The van der Waals surface area contributed by atoms with E-state index in [1.807, 2.05) is 6.92 Å². The van der Waals surface area contributed by atoms with Gasteiger partial charge in [0.15, 0.2) is 12.1 Å². The normalized spacial score (nSPS) is 12.0. The Labute approximate surface area is 128 Å². The Morgan fingerprint density at radius 1 is 1.45 bits per heavy atom. The summed E-state index contributed by atoms with van der Waals surface area (Å²) < 4.78 is 12.3. The number of carbonyl (C=O) groups is 1. The van der Waals surface area contributed by atoms with E-state index in [2.05, 4.69) is 10.4 Å². The van der Waals surface area contributed by atoms with Gasteiger partial charge in [0.05, 0.1) is 0 Å². The van der Waals surface area contributed by atoms with Gasteiger partial charge in [-0.1, -0.05) is 6.92 Å². The van der Waals surface area contributed by atoms with E-state index in [4.69, 9.17) is 9.47 Å². The number of nitrogens with one attached hydrogen (secondary N) is 1. The molecule has 1 amide bonds. The van der Waals surface area contributed by atoms with Crippen LogP contribution in [0.3, 0.4) is 0 Å². The van der Waals surface area contributed by atoms with E-state index in [-0.39, 0.29) is 17.2 Å². The number of anilines is 1. The van der Waals surface area contributed by atoms with Crippen molar-refractivity contribution in [3.05, 3.63) is 36.0 Å². The summed E-state index contributed by atoms with van der Waals surface area (Å²) in [5.41, 5.74) is 0.270. The minimum atomic E-state index is -0.437. The number of aryl methyl sites for hydroxylation is 1. The molecule has 1 unspecified atom stereocenters. The third-order valence-corrected chi connectivity index (χ3v) is 2.97. The maximum atomic E-state index is 12.2. The molecular formula is C15H19N3O4. The molecule has 22 heavy (non-hydrogen) atoms. The fourth-order valence-electron chi connectivity index (χ4n) is 1.90. The highest BCUT2D eigenvalue weighted by atomic mass is 16.7. The summed E-state index contributed by atoms with van der Waals surface area (Å²) in [5, 5.41) is 16.5. The van der Waals surface area contributed by atoms with Crippen LogP contribution in [0.15, 0.2) is 30.5 Å². The molecule has 0 saturated heterocycles. The number of rotatable bonds is 6. The molecule has 1 aromatic carbocycles. The van der Waals surface area contributed by atoms with Crippen molar-refractivity contribution in [3.63, 3.8) is 0 Å². The number of hydrogen-bond donors (Lipinski definition) is 2. The Morgan fingerprint density at radius 3 is 2.82 bits per heavy atom. The summed E-state index contributed by atoms with van der Waals surface area (Å²) in [6.07, 6.45) is 1.92. The summed E-state index contributed by atoms with van der Waals surface area (Å²) in [4.78, 5) is 12.2. The average molecular weight is 305 g/mol. The predicted octanol–water partition coefficient (Wildman–Crippen LogP) is 2.14. The number of aromatic nitrogens is 2. The van der Waals surface area contributed by atoms with Crippen molar-refractivity contribution >= 4 is 11.7 Å². The van der Waals surface area contributed by atoms with Crippen LogP contribution in [0, 0.1) is 0 Å². The highest BCUT2D eigenvalue weighted by molar-refractivity contribution is 6.04. The maximum Gasteiger partial charge on any atom is 0.257 e. The van der Waals surface area contributed by atoms with Crippen molar-refractivity contribution in [2.45, 2.75) is 19.6 Å². The highest BCUT2D eigenvalue weighted by Gasteiger charge is 2.13. The molecule has 2 rings (SSSR count). The first-order valence-electron chi connectivity index (χ1n) is 6.86. The summed E-state index contributed by atoms with van der Waals surface area (Å²) in [6, 6.07) is 6.01. The second-order valence-electron chi connectivity index (χ2n) is 4.74. The van der Waals surface area contributed by atoms with E-state index in [9.17, 15) is 9.90 Å². The molecule has 1 atom stereocenters. The van der Waals surface area contributed by atoms with Crippen molar-refractivity contribution in [2.24, 2.45) is 7.05 Å². The van der Waals surface area contributed by atoms with Gasteiger partial charge in [0.2, 0.25) is 0 Å². The molecule has 0 aliphatic heterocycles. The fraction of sp³-hybridized carbons (Fsp3) is 0.333. The van der Waals surface area contributed by atoms with Crippen LogP contribution in [-0.4, -0.2) is 34.2 Å². The van der Waals surface area contributed by atoms with Gasteiger partial charge in [-0.25, -0.2) is 0 Å². The molecule has 0 saturated carbocycles. The molecule has 0 aliphatic carbocycles. The van der Waals surface area contributed by atoms with Crippen LogP contribution < -0.4 is 10.1 Å². The van der Waals surface area contributed by atoms with Crippen molar-refractivity contribution in [1.82, 2.24) is 9.78 Å². The number of hydrogen-bond acceptors (Lipinski definition) is 5. The van der Waals surface area contributed by atoms with Crippen LogP contribution in [0.5, 0.6) is 11.5 Å². The standard InChI is InChI=1S/C15H19N3O4/c1-4-14(21-3)22-12-8-10(7-11(19)9-12)15(20)16-13-5-6-18(2)17-13/h5-9,14,19H,4H2,1-3H3,(H,16,17,20). The largest absolute Gasteiger partial charge is 0.508 e. The van der Waals surface area contributed by atoms with E-state index in [0.717, 1.165) is 0 Å². The van der Waals surface area contributed by atoms with Crippen LogP contribution in [0.4, 0.5) is 5.82 Å². The van der Waals surface area contributed by atoms with Gasteiger partial charge in [-0.05, 0) is 12.1 Å². The molecule has 7 heteroatoms. The van der Waals surface area contributed by atoms with Gasteiger partial charge < -0.3 is 19.9 Å². The summed E-state index contributed by atoms with van der Waals surface area (Å²) in [6.45, 7) is 1.91. The van der Waals surface area contributed by atoms with Gasteiger partial charge in [-0.2, -0.15) is 5.10 Å². The van der Waals surface area contributed by atoms with Gasteiger partial charge in [-0.3, -0.25) is 9.48 Å². The van der Waals surface area contributed by atoms with Crippen LogP contribution in [0.25, 0.3) is 0 Å². The molecular weight excluding hydrogens is 286 g/mol. The van der Waals surface area contributed by atoms with Crippen LogP contribution in [0.2, 0.25) is 0 Å². The fourth-order valence-corrected chi connectivity index (χ4v) is 1.90. The zero-order chi connectivity index (χ0) is 16.1. The Morgan fingerprint density at radius 2 is 2.23 bits per heavy atom. The number of amides is 1.